The highest BCUT2D eigenvalue weighted by atomic mass is 35.5. The number of fused-ring (bicyclic) bond motifs is 1. The lowest BCUT2D eigenvalue weighted by Gasteiger charge is -2.09. The number of nitrogens with zero attached hydrogens (tertiary/aromatic N) is 2. The number of aromatic nitrogens is 2. The second kappa shape index (κ2) is 5.04. The van der Waals surface area contributed by atoms with Crippen LogP contribution in [0.5, 0.6) is 0 Å². The van der Waals surface area contributed by atoms with Crippen LogP contribution in [0.25, 0.3) is 16.7 Å². The van der Waals surface area contributed by atoms with Crippen LogP contribution < -0.4 is 0 Å². The van der Waals surface area contributed by atoms with E-state index in [1.165, 1.54) is 0 Å². The quantitative estimate of drug-likeness (QED) is 0.509. The van der Waals surface area contributed by atoms with Gasteiger partial charge in [-0.15, -0.1) is 11.6 Å². The molecular formula is C14H7ClF4N2. The van der Waals surface area contributed by atoms with Crippen LogP contribution in [-0.2, 0) is 5.88 Å². The SMILES string of the molecule is Fc1ccc(F)c(-n2c(CCl)nc3c(F)cc(F)cc32)c1. The summed E-state index contributed by atoms with van der Waals surface area (Å²) in [5.74, 6) is -3.28. The first-order valence-corrected chi connectivity index (χ1v) is 6.42. The second-order valence-electron chi connectivity index (χ2n) is 4.35. The molecule has 0 saturated carbocycles. The smallest absolute Gasteiger partial charge is 0.153 e. The maximum absolute atomic E-state index is 13.9. The maximum atomic E-state index is 13.9. The van der Waals surface area contributed by atoms with Crippen LogP contribution in [0.4, 0.5) is 17.6 Å². The summed E-state index contributed by atoms with van der Waals surface area (Å²) in [6.07, 6.45) is 0. The lowest BCUT2D eigenvalue weighted by atomic mass is 10.2. The summed E-state index contributed by atoms with van der Waals surface area (Å²) in [7, 11) is 0. The van der Waals surface area contributed by atoms with E-state index in [4.69, 9.17) is 11.6 Å². The Kier molecular flexibility index (Phi) is 3.33. The molecule has 2 nitrogen and oxygen atoms in total. The Morgan fingerprint density at radius 1 is 0.952 bits per heavy atom. The van der Waals surface area contributed by atoms with Gasteiger partial charge in [0, 0.05) is 18.2 Å². The Labute approximate surface area is 121 Å². The summed E-state index contributed by atoms with van der Waals surface area (Å²) in [4.78, 5) is 3.92. The number of hydrogen-bond acceptors (Lipinski definition) is 1. The Hall–Kier alpha value is -2.08. The molecule has 21 heavy (non-hydrogen) atoms. The first kappa shape index (κ1) is 13.9. The van der Waals surface area contributed by atoms with Crippen LogP contribution in [0.3, 0.4) is 0 Å². The Morgan fingerprint density at radius 2 is 1.71 bits per heavy atom. The van der Waals surface area contributed by atoms with Crippen LogP contribution in [0.15, 0.2) is 30.3 Å². The van der Waals surface area contributed by atoms with E-state index in [-0.39, 0.29) is 28.4 Å². The molecule has 0 aliphatic carbocycles. The summed E-state index contributed by atoms with van der Waals surface area (Å²) < 4.78 is 55.5. The van der Waals surface area contributed by atoms with Crippen LogP contribution in [0.2, 0.25) is 0 Å². The summed E-state index contributed by atoms with van der Waals surface area (Å²) in [5, 5.41) is 0. The third kappa shape index (κ3) is 2.25. The number of alkyl halides is 1. The van der Waals surface area contributed by atoms with Crippen molar-refractivity contribution < 1.29 is 17.6 Å². The minimum Gasteiger partial charge on any atom is -0.292 e. The molecular weight excluding hydrogens is 308 g/mol. The van der Waals surface area contributed by atoms with Gasteiger partial charge in [0.1, 0.15) is 28.8 Å². The molecule has 0 N–H and O–H groups in total. The topological polar surface area (TPSA) is 17.8 Å². The molecule has 0 spiro atoms. The fraction of sp³-hybridized carbons (Fsp3) is 0.0714. The highest BCUT2D eigenvalue weighted by Gasteiger charge is 2.18. The summed E-state index contributed by atoms with van der Waals surface area (Å²) >= 11 is 5.72. The zero-order valence-electron chi connectivity index (χ0n) is 10.4. The van der Waals surface area contributed by atoms with E-state index < -0.39 is 23.3 Å². The van der Waals surface area contributed by atoms with Gasteiger partial charge >= 0.3 is 0 Å². The van der Waals surface area contributed by atoms with Gasteiger partial charge in [-0.2, -0.15) is 0 Å². The van der Waals surface area contributed by atoms with Crippen molar-refractivity contribution in [2.24, 2.45) is 0 Å². The molecule has 3 rings (SSSR count). The van der Waals surface area contributed by atoms with Crippen molar-refractivity contribution in [3.63, 3.8) is 0 Å². The van der Waals surface area contributed by atoms with E-state index in [0.29, 0.717) is 6.07 Å². The van der Waals surface area contributed by atoms with Crippen LogP contribution >= 0.6 is 11.6 Å². The van der Waals surface area contributed by atoms with Gasteiger partial charge in [-0.3, -0.25) is 4.57 Å². The average molecular weight is 315 g/mol. The normalized spacial score (nSPS) is 11.3. The lowest BCUT2D eigenvalue weighted by Crippen LogP contribution is -2.03. The molecule has 108 valence electrons. The fourth-order valence-corrected chi connectivity index (χ4v) is 2.35. The van der Waals surface area contributed by atoms with E-state index in [0.717, 1.165) is 28.8 Å². The molecule has 0 saturated heterocycles. The molecule has 0 fully saturated rings. The minimum absolute atomic E-state index is 0.0207. The first-order chi connectivity index (χ1) is 10.0. The molecule has 0 amide bonds. The minimum atomic E-state index is -0.896. The average Bonchev–Trinajstić information content (AvgIpc) is 2.80. The summed E-state index contributed by atoms with van der Waals surface area (Å²) in [6, 6.07) is 4.43. The van der Waals surface area contributed by atoms with Crippen molar-refractivity contribution in [3.05, 3.63) is 59.4 Å². The predicted octanol–water partition coefficient (Wildman–Crippen LogP) is 4.32. The number of rotatable bonds is 2. The number of halogens is 5. The van der Waals surface area contributed by atoms with Gasteiger partial charge in [0.15, 0.2) is 5.82 Å². The highest BCUT2D eigenvalue weighted by molar-refractivity contribution is 6.17. The van der Waals surface area contributed by atoms with Crippen molar-refractivity contribution in [2.45, 2.75) is 5.88 Å². The zero-order valence-corrected chi connectivity index (χ0v) is 11.1. The van der Waals surface area contributed by atoms with Crippen molar-refractivity contribution in [3.8, 4) is 5.69 Å². The van der Waals surface area contributed by atoms with Gasteiger partial charge in [-0.05, 0) is 12.1 Å². The third-order valence-electron chi connectivity index (χ3n) is 3.02. The molecule has 0 aliphatic heterocycles. The highest BCUT2D eigenvalue weighted by Crippen LogP contribution is 2.27. The van der Waals surface area contributed by atoms with E-state index in [9.17, 15) is 17.6 Å². The number of imidazole rings is 1. The zero-order chi connectivity index (χ0) is 15.1. The third-order valence-corrected chi connectivity index (χ3v) is 3.26. The van der Waals surface area contributed by atoms with Gasteiger partial charge in [0.25, 0.3) is 0 Å². The van der Waals surface area contributed by atoms with E-state index in [2.05, 4.69) is 4.98 Å². The van der Waals surface area contributed by atoms with Gasteiger partial charge in [0.05, 0.1) is 17.1 Å². The van der Waals surface area contributed by atoms with Gasteiger partial charge in [0.2, 0.25) is 0 Å². The molecule has 3 aromatic rings. The van der Waals surface area contributed by atoms with Gasteiger partial charge in [-0.1, -0.05) is 0 Å². The van der Waals surface area contributed by atoms with Crippen LogP contribution in [0, 0.1) is 23.3 Å². The van der Waals surface area contributed by atoms with E-state index in [1.807, 2.05) is 0 Å². The molecule has 7 heteroatoms. The molecule has 1 heterocycles. The standard InChI is InChI=1S/C14H7ClF4N2/c15-6-13-20-14-10(19)3-8(17)5-12(14)21(13)11-4-7(16)1-2-9(11)18/h1-5H,6H2. The van der Waals surface area contributed by atoms with Crippen LogP contribution in [-0.4, -0.2) is 9.55 Å². The largest absolute Gasteiger partial charge is 0.292 e. The molecule has 0 aliphatic rings. The van der Waals surface area contributed by atoms with E-state index >= 15 is 0 Å². The van der Waals surface area contributed by atoms with Crippen molar-refractivity contribution in [1.82, 2.24) is 9.55 Å². The molecule has 0 atom stereocenters. The fourth-order valence-electron chi connectivity index (χ4n) is 2.17. The van der Waals surface area contributed by atoms with Crippen LogP contribution in [0.1, 0.15) is 5.82 Å². The van der Waals surface area contributed by atoms with Crippen molar-refractivity contribution in [2.75, 3.05) is 0 Å². The molecule has 2 aromatic carbocycles. The van der Waals surface area contributed by atoms with Crippen molar-refractivity contribution in [1.29, 1.82) is 0 Å². The Morgan fingerprint density at radius 3 is 2.43 bits per heavy atom. The molecule has 0 radical (unpaired) electrons. The summed E-state index contributed by atoms with van der Waals surface area (Å²) in [5.41, 5.74) is -0.387. The summed E-state index contributed by atoms with van der Waals surface area (Å²) in [6.45, 7) is 0. The maximum Gasteiger partial charge on any atom is 0.153 e. The Balaban J connectivity index is 2.43. The number of hydrogen-bond donors (Lipinski definition) is 0. The Bertz CT molecular complexity index is 845. The monoisotopic (exact) mass is 314 g/mol. The van der Waals surface area contributed by atoms with Crippen molar-refractivity contribution >= 4 is 22.6 Å². The predicted molar refractivity (Wildman–Crippen MR) is 70.5 cm³/mol. The number of benzene rings is 2. The second-order valence-corrected chi connectivity index (χ2v) is 4.62. The van der Waals surface area contributed by atoms with E-state index in [1.54, 1.807) is 0 Å². The lowest BCUT2D eigenvalue weighted by molar-refractivity contribution is 0.588. The molecule has 1 aromatic heterocycles. The molecule has 0 unspecified atom stereocenters. The first-order valence-electron chi connectivity index (χ1n) is 5.89. The molecule has 0 bridgehead atoms. The van der Waals surface area contributed by atoms with Gasteiger partial charge < -0.3 is 0 Å². The van der Waals surface area contributed by atoms with Gasteiger partial charge in [-0.25, -0.2) is 22.5 Å².